The number of hydrogen-bond donors (Lipinski definition) is 1. The van der Waals surface area contributed by atoms with Crippen molar-refractivity contribution in [2.24, 2.45) is 0 Å². The molecule has 2 aromatic heterocycles. The SMILES string of the molecule is CC(=O)OC[C@@H]1O[C@@H](n2cc(CNC(=O)C(=O)c3cn(S(=O)(=O)c4ccc(C)cc4)c4ccccc34)nn2)[C@H](OC(C)=O)[C@@H](OC(C)=O)[C@H]1OC(C)=O. The summed E-state index contributed by atoms with van der Waals surface area (Å²) in [6.07, 6.45) is -4.56. The number of carbonyl (C=O) groups excluding carboxylic acids is 6. The maximum absolute atomic E-state index is 13.5. The minimum atomic E-state index is -4.14. The number of fused-ring (bicyclic) bond motifs is 1. The van der Waals surface area contributed by atoms with Crippen LogP contribution in [0.3, 0.4) is 0 Å². The summed E-state index contributed by atoms with van der Waals surface area (Å²) in [4.78, 5) is 74.5. The van der Waals surface area contributed by atoms with Crippen LogP contribution in [0, 0.1) is 6.92 Å². The highest BCUT2D eigenvalue weighted by atomic mass is 32.2. The number of para-hydroxylation sites is 1. The quantitative estimate of drug-likeness (QED) is 0.0936. The van der Waals surface area contributed by atoms with Gasteiger partial charge in [-0.05, 0) is 25.1 Å². The third-order valence-electron chi connectivity index (χ3n) is 7.92. The lowest BCUT2D eigenvalue weighted by Crippen LogP contribution is -2.60. The average Bonchev–Trinajstić information content (AvgIpc) is 3.73. The number of esters is 4. The van der Waals surface area contributed by atoms with E-state index < -0.39 is 82.8 Å². The highest BCUT2D eigenvalue weighted by Gasteiger charge is 2.53. The maximum Gasteiger partial charge on any atom is 0.303 e. The number of benzene rings is 2. The van der Waals surface area contributed by atoms with Gasteiger partial charge in [0, 0.05) is 39.3 Å². The minimum Gasteiger partial charge on any atom is -0.463 e. The van der Waals surface area contributed by atoms with E-state index in [0.717, 1.165) is 48.1 Å². The lowest BCUT2D eigenvalue weighted by molar-refractivity contribution is -0.270. The van der Waals surface area contributed by atoms with Crippen LogP contribution in [-0.2, 0) is 64.2 Å². The Kier molecular flexibility index (Phi) is 11.4. The lowest BCUT2D eigenvalue weighted by Gasteiger charge is -2.44. The molecule has 1 aliphatic heterocycles. The van der Waals surface area contributed by atoms with Crippen LogP contribution >= 0.6 is 0 Å². The molecule has 0 spiro atoms. The first-order valence-electron chi connectivity index (χ1n) is 16.0. The van der Waals surface area contributed by atoms with Crippen LogP contribution in [0.4, 0.5) is 0 Å². The summed E-state index contributed by atoms with van der Waals surface area (Å²) < 4.78 is 56.5. The summed E-state index contributed by atoms with van der Waals surface area (Å²) in [7, 11) is -4.14. The third-order valence-corrected chi connectivity index (χ3v) is 9.61. The summed E-state index contributed by atoms with van der Waals surface area (Å²) in [5.74, 6) is -5.23. The summed E-state index contributed by atoms with van der Waals surface area (Å²) in [6.45, 7) is 5.40. The van der Waals surface area contributed by atoms with Crippen LogP contribution in [0.1, 0.15) is 55.5 Å². The van der Waals surface area contributed by atoms with E-state index in [1.54, 1.807) is 24.3 Å². The monoisotopic (exact) mass is 753 g/mol. The van der Waals surface area contributed by atoms with Gasteiger partial charge in [0.1, 0.15) is 18.4 Å². The Balaban J connectivity index is 1.38. The van der Waals surface area contributed by atoms with E-state index in [2.05, 4.69) is 15.6 Å². The molecule has 0 unspecified atom stereocenters. The second-order valence-corrected chi connectivity index (χ2v) is 13.8. The Labute approximate surface area is 302 Å². The first kappa shape index (κ1) is 38.3. The van der Waals surface area contributed by atoms with E-state index in [0.29, 0.717) is 0 Å². The van der Waals surface area contributed by atoms with Crippen LogP contribution in [-0.4, -0.2) is 94.0 Å². The highest BCUT2D eigenvalue weighted by Crippen LogP contribution is 2.34. The number of carbonyl (C=O) groups is 6. The van der Waals surface area contributed by atoms with E-state index in [1.807, 2.05) is 6.92 Å². The minimum absolute atomic E-state index is 0.00736. The molecule has 1 aliphatic rings. The Hall–Kier alpha value is -5.95. The maximum atomic E-state index is 13.5. The van der Waals surface area contributed by atoms with Crippen molar-refractivity contribution in [2.45, 2.75) is 76.7 Å². The standard InChI is InChI=1S/C34H35N5O13S/c1-18-10-12-24(13-11-18)53(46,47)39-16-26(25-8-6-7-9-27(25)39)29(44)33(45)35-14-23-15-38(37-36-23)34-32(51-22(5)43)31(50-21(4)42)30(49-20(3)41)28(52-34)17-48-19(2)40/h6-13,15-16,28,30-32,34H,14,17H2,1-5H3,(H,35,45)/t28-,30-,31-,32+,34+/m0/s1. The van der Waals surface area contributed by atoms with E-state index in [9.17, 15) is 37.2 Å². The first-order valence-corrected chi connectivity index (χ1v) is 17.5. The van der Waals surface area contributed by atoms with Gasteiger partial charge in [-0.2, -0.15) is 0 Å². The molecule has 0 bridgehead atoms. The Morgan fingerprint density at radius 1 is 0.811 bits per heavy atom. The normalized spacial score (nSPS) is 19.9. The fraction of sp³-hybridized carbons (Fsp3) is 0.353. The molecule has 280 valence electrons. The van der Waals surface area contributed by atoms with Crippen molar-refractivity contribution >= 4 is 56.5 Å². The van der Waals surface area contributed by atoms with Crippen molar-refractivity contribution in [1.29, 1.82) is 0 Å². The fourth-order valence-corrected chi connectivity index (χ4v) is 7.03. The van der Waals surface area contributed by atoms with E-state index in [4.69, 9.17) is 23.7 Å². The molecule has 53 heavy (non-hydrogen) atoms. The van der Waals surface area contributed by atoms with Crippen molar-refractivity contribution in [1.82, 2.24) is 24.3 Å². The van der Waals surface area contributed by atoms with Crippen molar-refractivity contribution in [3.63, 3.8) is 0 Å². The topological polar surface area (TPSA) is 230 Å². The summed E-state index contributed by atoms with van der Waals surface area (Å²) in [6, 6.07) is 12.4. The van der Waals surface area contributed by atoms with Crippen molar-refractivity contribution in [2.75, 3.05) is 6.61 Å². The third kappa shape index (κ3) is 8.58. The predicted molar refractivity (Wildman–Crippen MR) is 179 cm³/mol. The molecule has 5 atom stereocenters. The second kappa shape index (κ2) is 15.7. The van der Waals surface area contributed by atoms with Crippen LogP contribution in [0.2, 0.25) is 0 Å². The van der Waals surface area contributed by atoms with Gasteiger partial charge in [0.05, 0.1) is 28.7 Å². The Morgan fingerprint density at radius 3 is 2.08 bits per heavy atom. The molecule has 0 aliphatic carbocycles. The average molecular weight is 754 g/mol. The number of rotatable bonds is 12. The van der Waals surface area contributed by atoms with Gasteiger partial charge in [-0.15, -0.1) is 5.10 Å². The zero-order valence-electron chi connectivity index (χ0n) is 29.1. The zero-order valence-corrected chi connectivity index (χ0v) is 29.9. The predicted octanol–water partition coefficient (Wildman–Crippen LogP) is 1.53. The first-order chi connectivity index (χ1) is 25.1. The number of hydrogen-bond acceptors (Lipinski definition) is 15. The van der Waals surface area contributed by atoms with Crippen molar-refractivity contribution in [3.05, 3.63) is 77.7 Å². The Morgan fingerprint density at radius 2 is 1.43 bits per heavy atom. The lowest BCUT2D eigenvalue weighted by atomic mass is 9.97. The molecule has 18 nitrogen and oxygen atoms in total. The second-order valence-electron chi connectivity index (χ2n) is 12.0. The highest BCUT2D eigenvalue weighted by molar-refractivity contribution is 7.90. The number of ether oxygens (including phenoxy) is 5. The molecular formula is C34H35N5O13S. The summed E-state index contributed by atoms with van der Waals surface area (Å²) >= 11 is 0. The largest absolute Gasteiger partial charge is 0.463 e. The van der Waals surface area contributed by atoms with E-state index in [-0.39, 0.29) is 33.6 Å². The number of ketones is 1. The molecule has 5 rings (SSSR count). The fourth-order valence-electron chi connectivity index (χ4n) is 5.66. The molecule has 1 fully saturated rings. The molecule has 19 heteroatoms. The van der Waals surface area contributed by atoms with Crippen LogP contribution in [0.15, 0.2) is 65.8 Å². The molecule has 0 saturated carbocycles. The molecule has 1 saturated heterocycles. The Bertz CT molecular complexity index is 2180. The van der Waals surface area contributed by atoms with Crippen LogP contribution in [0.5, 0.6) is 0 Å². The molecule has 3 heterocycles. The van der Waals surface area contributed by atoms with Crippen molar-refractivity contribution in [3.8, 4) is 0 Å². The summed E-state index contributed by atoms with van der Waals surface area (Å²) in [5, 5.41) is 10.7. The van der Waals surface area contributed by atoms with Gasteiger partial charge in [-0.3, -0.25) is 28.8 Å². The molecule has 1 amide bonds. The number of nitrogens with one attached hydrogen (secondary N) is 1. The molecular weight excluding hydrogens is 718 g/mol. The van der Waals surface area contributed by atoms with Gasteiger partial charge in [0.2, 0.25) is 0 Å². The van der Waals surface area contributed by atoms with Gasteiger partial charge in [0.25, 0.3) is 21.7 Å². The van der Waals surface area contributed by atoms with Crippen LogP contribution < -0.4 is 5.32 Å². The molecule has 1 N–H and O–H groups in total. The van der Waals surface area contributed by atoms with Gasteiger partial charge >= 0.3 is 23.9 Å². The summed E-state index contributed by atoms with van der Waals surface area (Å²) in [5.41, 5.74) is 0.974. The molecule has 4 aromatic rings. The number of aryl methyl sites for hydroxylation is 1. The van der Waals surface area contributed by atoms with E-state index >= 15 is 0 Å². The number of amides is 1. The van der Waals surface area contributed by atoms with Crippen LogP contribution in [0.25, 0.3) is 10.9 Å². The number of nitrogens with zero attached hydrogens (tertiary/aromatic N) is 4. The zero-order chi connectivity index (χ0) is 38.6. The van der Waals surface area contributed by atoms with Gasteiger partial charge in [-0.1, -0.05) is 41.1 Å². The van der Waals surface area contributed by atoms with Gasteiger partial charge < -0.3 is 29.0 Å². The van der Waals surface area contributed by atoms with E-state index in [1.165, 1.54) is 30.5 Å². The smallest absolute Gasteiger partial charge is 0.303 e. The molecule has 0 radical (unpaired) electrons. The van der Waals surface area contributed by atoms with Gasteiger partial charge in [0.15, 0.2) is 24.5 Å². The van der Waals surface area contributed by atoms with Gasteiger partial charge in [-0.25, -0.2) is 17.1 Å². The molecule has 2 aromatic carbocycles. The number of Topliss-reactive ketones (excluding diaryl/α,β-unsaturated/α-hetero) is 1. The number of aromatic nitrogens is 4. The van der Waals surface area contributed by atoms with Crippen molar-refractivity contribution < 1.29 is 60.9 Å².